The number of carbonyl (C=O) groups is 2. The largest absolute Gasteiger partial charge is 0.481 e. The fourth-order valence-corrected chi connectivity index (χ4v) is 5.00. The second-order valence-electron chi connectivity index (χ2n) is 9.83. The number of aromatic nitrogens is 2. The zero-order valence-corrected chi connectivity index (χ0v) is 23.3. The molecule has 3 aromatic rings. The molecule has 4 rings (SSSR count). The minimum absolute atomic E-state index is 0.165. The molecular weight excluding hydrogens is 540 g/mol. The highest BCUT2D eigenvalue weighted by Gasteiger charge is 2.28. The number of ether oxygens (including phenoxy) is 3. The van der Waals surface area contributed by atoms with E-state index >= 15 is 0 Å². The first-order valence-electron chi connectivity index (χ1n) is 12.3. The molecule has 0 spiro atoms. The van der Waals surface area contributed by atoms with Crippen molar-refractivity contribution in [3.05, 3.63) is 46.6 Å². The Kier molecular flexibility index (Phi) is 8.51. The summed E-state index contributed by atoms with van der Waals surface area (Å²) in [4.78, 5) is 33.0. The summed E-state index contributed by atoms with van der Waals surface area (Å²) in [7, 11) is 1.53. The van der Waals surface area contributed by atoms with Gasteiger partial charge in [-0.05, 0) is 80.0 Å². The van der Waals surface area contributed by atoms with Gasteiger partial charge in [-0.25, -0.2) is 14.3 Å². The minimum atomic E-state index is -0.697. The van der Waals surface area contributed by atoms with Crippen molar-refractivity contribution in [3.63, 3.8) is 0 Å². The molecule has 3 heterocycles. The molecule has 10 heteroatoms. The molecule has 0 radical (unpaired) electrons. The van der Waals surface area contributed by atoms with Crippen LogP contribution in [0.25, 0.3) is 22.2 Å². The van der Waals surface area contributed by atoms with Crippen LogP contribution in [-0.2, 0) is 9.47 Å². The van der Waals surface area contributed by atoms with E-state index < -0.39 is 11.7 Å². The molecule has 198 valence electrons. The lowest BCUT2D eigenvalue weighted by atomic mass is 10.1. The van der Waals surface area contributed by atoms with E-state index in [1.807, 2.05) is 26.8 Å². The van der Waals surface area contributed by atoms with E-state index in [0.717, 1.165) is 39.3 Å². The van der Waals surface area contributed by atoms with E-state index in [1.54, 1.807) is 30.5 Å². The third kappa shape index (κ3) is 6.31. The molecule has 1 amide bonds. The summed E-state index contributed by atoms with van der Waals surface area (Å²) >= 11 is 3.68. The Bertz CT molecular complexity index is 1280. The van der Waals surface area contributed by atoms with Gasteiger partial charge in [0.1, 0.15) is 5.60 Å². The number of methoxy groups -OCH3 is 1. The van der Waals surface area contributed by atoms with Crippen molar-refractivity contribution < 1.29 is 23.8 Å². The van der Waals surface area contributed by atoms with Gasteiger partial charge in [-0.15, -0.1) is 0 Å². The number of carbonyl (C=O) groups excluding carboxylic acids is 2. The van der Waals surface area contributed by atoms with Crippen LogP contribution < -0.4 is 10.1 Å². The Morgan fingerprint density at radius 3 is 2.65 bits per heavy atom. The molecule has 0 atom stereocenters. The molecule has 1 aliphatic heterocycles. The molecule has 37 heavy (non-hydrogen) atoms. The van der Waals surface area contributed by atoms with Crippen molar-refractivity contribution >= 4 is 38.8 Å². The molecule has 1 aromatic carbocycles. The van der Waals surface area contributed by atoms with Crippen LogP contribution in [0.15, 0.2) is 41.0 Å². The summed E-state index contributed by atoms with van der Waals surface area (Å²) in [6.07, 6.45) is 1.94. The average molecular weight is 573 g/mol. The van der Waals surface area contributed by atoms with Gasteiger partial charge in [0.15, 0.2) is 0 Å². The molecule has 0 aliphatic carbocycles. The molecule has 9 nitrogen and oxygen atoms in total. The maximum absolute atomic E-state index is 13.4. The van der Waals surface area contributed by atoms with Gasteiger partial charge in [-0.1, -0.05) is 0 Å². The average Bonchev–Trinajstić information content (AvgIpc) is 3.17. The summed E-state index contributed by atoms with van der Waals surface area (Å²) in [6.45, 7) is 10.3. The highest BCUT2D eigenvalue weighted by Crippen LogP contribution is 2.41. The van der Waals surface area contributed by atoms with E-state index in [1.165, 1.54) is 11.7 Å². The van der Waals surface area contributed by atoms with E-state index in [4.69, 9.17) is 14.2 Å². The number of rotatable bonds is 7. The highest BCUT2D eigenvalue weighted by molar-refractivity contribution is 9.10. The van der Waals surface area contributed by atoms with Crippen LogP contribution in [-0.4, -0.2) is 78.6 Å². The summed E-state index contributed by atoms with van der Waals surface area (Å²) in [5.74, 6) is 0.204. The molecule has 1 N–H and O–H groups in total. The van der Waals surface area contributed by atoms with Gasteiger partial charge < -0.3 is 19.5 Å². The zero-order valence-electron chi connectivity index (χ0n) is 21.7. The predicted molar refractivity (Wildman–Crippen MR) is 145 cm³/mol. The molecule has 2 aromatic heterocycles. The molecule has 0 bridgehead atoms. The number of benzene rings is 1. The lowest BCUT2D eigenvalue weighted by Gasteiger charge is -2.26. The van der Waals surface area contributed by atoms with E-state index in [0.29, 0.717) is 44.6 Å². The number of nitrogens with zero attached hydrogens (tertiary/aromatic N) is 3. The molecule has 1 aliphatic rings. The third-order valence-corrected chi connectivity index (χ3v) is 6.81. The van der Waals surface area contributed by atoms with Crippen LogP contribution in [0.4, 0.5) is 4.79 Å². The molecule has 0 unspecified atom stereocenters. The van der Waals surface area contributed by atoms with Gasteiger partial charge >= 0.3 is 6.09 Å². The number of hydrogen-bond acceptors (Lipinski definition) is 7. The van der Waals surface area contributed by atoms with Crippen molar-refractivity contribution in [1.82, 2.24) is 19.8 Å². The normalized spacial score (nSPS) is 14.5. The van der Waals surface area contributed by atoms with Crippen LogP contribution >= 0.6 is 15.9 Å². The zero-order chi connectivity index (χ0) is 26.6. The lowest BCUT2D eigenvalue weighted by molar-refractivity contribution is 0.0374. The Morgan fingerprint density at radius 2 is 1.95 bits per heavy atom. The summed E-state index contributed by atoms with van der Waals surface area (Å²) in [5, 5.41) is 3.71. The first-order valence-corrected chi connectivity index (χ1v) is 13.1. The van der Waals surface area contributed by atoms with Gasteiger partial charge in [0, 0.05) is 36.8 Å². The smallest absolute Gasteiger partial charge is 0.419 e. The number of pyridine rings is 1. The number of halogens is 1. The fourth-order valence-electron chi connectivity index (χ4n) is 4.30. The first kappa shape index (κ1) is 27.1. The minimum Gasteiger partial charge on any atom is -0.481 e. The van der Waals surface area contributed by atoms with Crippen LogP contribution in [0.1, 0.15) is 37.6 Å². The topological polar surface area (TPSA) is 94.9 Å². The van der Waals surface area contributed by atoms with Gasteiger partial charge in [0.05, 0.1) is 41.6 Å². The SMILES string of the molecule is COc1ncccc1-c1c(Br)c2cc(C(=O)NCCCN3CCOCC3)ccc2n1C(=O)OC(C)(C)C. The van der Waals surface area contributed by atoms with Crippen molar-refractivity contribution in [2.45, 2.75) is 32.8 Å². The van der Waals surface area contributed by atoms with Crippen LogP contribution in [0, 0.1) is 0 Å². The monoisotopic (exact) mass is 572 g/mol. The number of nitrogens with one attached hydrogen (secondary N) is 1. The first-order chi connectivity index (χ1) is 17.7. The molecule has 1 fully saturated rings. The Hall–Kier alpha value is -2.95. The predicted octanol–water partition coefficient (Wildman–Crippen LogP) is 4.71. The van der Waals surface area contributed by atoms with Gasteiger partial charge in [0.2, 0.25) is 5.88 Å². The van der Waals surface area contributed by atoms with E-state index in [2.05, 4.69) is 31.1 Å². The Balaban J connectivity index is 1.64. The van der Waals surface area contributed by atoms with Crippen molar-refractivity contribution in [1.29, 1.82) is 0 Å². The maximum Gasteiger partial charge on any atom is 0.419 e. The Labute approximate surface area is 225 Å². The lowest BCUT2D eigenvalue weighted by Crippen LogP contribution is -2.38. The van der Waals surface area contributed by atoms with Crippen molar-refractivity contribution in [2.24, 2.45) is 0 Å². The van der Waals surface area contributed by atoms with Crippen LogP contribution in [0.3, 0.4) is 0 Å². The fraction of sp³-hybridized carbons (Fsp3) is 0.444. The van der Waals surface area contributed by atoms with Gasteiger partial charge in [0.25, 0.3) is 5.91 Å². The summed E-state index contributed by atoms with van der Waals surface area (Å²) in [6, 6.07) is 8.87. The molecular formula is C27H33BrN4O5. The highest BCUT2D eigenvalue weighted by atomic mass is 79.9. The third-order valence-electron chi connectivity index (χ3n) is 6.00. The number of hydrogen-bond donors (Lipinski definition) is 1. The standard InChI is InChI=1S/C27H33BrN4O5/c1-27(2,3)37-26(34)32-21-9-8-18(24(33)29-11-6-12-31-13-15-36-16-14-31)17-20(21)22(28)23(32)19-7-5-10-30-25(19)35-4/h5,7-10,17H,6,11-16H2,1-4H3,(H,29,33). The number of amides is 1. The number of fused-ring (bicyclic) bond motifs is 1. The maximum atomic E-state index is 13.4. The van der Waals surface area contributed by atoms with E-state index in [9.17, 15) is 9.59 Å². The van der Waals surface area contributed by atoms with Crippen LogP contribution in [0.2, 0.25) is 0 Å². The van der Waals surface area contributed by atoms with Crippen LogP contribution in [0.5, 0.6) is 5.88 Å². The van der Waals surface area contributed by atoms with Crippen molar-refractivity contribution in [2.75, 3.05) is 46.5 Å². The summed E-state index contributed by atoms with van der Waals surface area (Å²) < 4.78 is 18.7. The number of morpholine rings is 1. The van der Waals surface area contributed by atoms with Gasteiger partial charge in [-0.3, -0.25) is 9.69 Å². The van der Waals surface area contributed by atoms with Gasteiger partial charge in [-0.2, -0.15) is 0 Å². The van der Waals surface area contributed by atoms with Crippen molar-refractivity contribution in [3.8, 4) is 17.1 Å². The molecule has 0 saturated carbocycles. The second-order valence-corrected chi connectivity index (χ2v) is 10.6. The molecule has 1 saturated heterocycles. The Morgan fingerprint density at radius 1 is 1.19 bits per heavy atom. The summed E-state index contributed by atoms with van der Waals surface area (Å²) in [5.41, 5.74) is 1.57. The second kappa shape index (κ2) is 11.6. The quantitative estimate of drug-likeness (QED) is 0.409. The van der Waals surface area contributed by atoms with E-state index in [-0.39, 0.29) is 5.91 Å².